The van der Waals surface area contributed by atoms with E-state index in [1.807, 2.05) is 0 Å². The number of hydrogen-bond acceptors (Lipinski definition) is 3. The first-order valence-electron chi connectivity index (χ1n) is 3.02. The van der Waals surface area contributed by atoms with Crippen molar-refractivity contribution < 1.29 is 4.74 Å². The molecule has 9 heavy (non-hydrogen) atoms. The molecule has 1 atom stereocenters. The lowest BCUT2D eigenvalue weighted by Gasteiger charge is -2.16. The normalized spacial score (nSPS) is 14.2. The largest absolute Gasteiger partial charge is 0.382 e. The fraction of sp³-hybridized carbons (Fsp3) is 1.00. The van der Waals surface area contributed by atoms with Gasteiger partial charge in [-0.15, -0.1) is 0 Å². The molecule has 0 bridgehead atoms. The summed E-state index contributed by atoms with van der Waals surface area (Å²) in [6, 6.07) is -0.276. The molecule has 0 heterocycles. The summed E-state index contributed by atoms with van der Waals surface area (Å²) in [6.07, 6.45) is -0.0926. The molecular formula is C5H13BN2O. The van der Waals surface area contributed by atoms with Crippen LogP contribution in [0.3, 0.4) is 0 Å². The van der Waals surface area contributed by atoms with E-state index >= 15 is 0 Å². The average Bonchev–Trinajstić information content (AvgIpc) is 1.82. The highest BCUT2D eigenvalue weighted by Gasteiger charge is 2.04. The van der Waals surface area contributed by atoms with Crippen LogP contribution in [0.25, 0.3) is 0 Å². The Hall–Kier alpha value is -0.0551. The van der Waals surface area contributed by atoms with Crippen LogP contribution < -0.4 is 11.5 Å². The third kappa shape index (κ3) is 4.45. The molecule has 2 radical (unpaired) electrons. The van der Waals surface area contributed by atoms with Gasteiger partial charge in [0.05, 0.1) is 6.10 Å². The van der Waals surface area contributed by atoms with Gasteiger partial charge in [0, 0.05) is 19.1 Å². The Balaban J connectivity index is 3.31. The summed E-state index contributed by atoms with van der Waals surface area (Å²) in [4.78, 5) is 0. The van der Waals surface area contributed by atoms with E-state index in [9.17, 15) is 0 Å². The molecule has 0 aliphatic heterocycles. The molecule has 0 fully saturated rings. The van der Waals surface area contributed by atoms with Gasteiger partial charge in [0.1, 0.15) is 7.85 Å². The third-order valence-electron chi connectivity index (χ3n) is 0.933. The lowest BCUT2D eigenvalue weighted by Crippen LogP contribution is -2.34. The summed E-state index contributed by atoms with van der Waals surface area (Å²) in [5, 5.41) is 0. The summed E-state index contributed by atoms with van der Waals surface area (Å²) in [5.74, 6) is 0. The minimum Gasteiger partial charge on any atom is -0.382 e. The van der Waals surface area contributed by atoms with E-state index in [4.69, 9.17) is 24.1 Å². The zero-order valence-corrected chi connectivity index (χ0v) is 5.71. The van der Waals surface area contributed by atoms with Crippen molar-refractivity contribution in [2.45, 2.75) is 19.0 Å². The Morgan fingerprint density at radius 2 is 1.89 bits per heavy atom. The van der Waals surface area contributed by atoms with Gasteiger partial charge in [0.15, 0.2) is 0 Å². The van der Waals surface area contributed by atoms with Gasteiger partial charge < -0.3 is 16.2 Å². The molecule has 0 aromatic carbocycles. The Morgan fingerprint density at radius 3 is 2.00 bits per heavy atom. The van der Waals surface area contributed by atoms with Crippen LogP contribution in [0.1, 0.15) is 6.92 Å². The van der Waals surface area contributed by atoms with E-state index in [-0.39, 0.29) is 12.1 Å². The minimum atomic E-state index is -0.276. The minimum absolute atomic E-state index is 0.0926. The molecule has 0 saturated carbocycles. The second kappa shape index (κ2) is 4.79. The van der Waals surface area contributed by atoms with Crippen LogP contribution in [-0.4, -0.2) is 33.0 Å². The van der Waals surface area contributed by atoms with Crippen LogP contribution >= 0.6 is 0 Å². The van der Waals surface area contributed by atoms with Gasteiger partial charge in [-0.1, -0.05) is 0 Å². The molecule has 4 N–H and O–H groups in total. The molecule has 0 spiro atoms. The van der Waals surface area contributed by atoms with Crippen molar-refractivity contribution in [2.75, 3.05) is 13.1 Å². The highest BCUT2D eigenvalue weighted by atomic mass is 16.5. The quantitative estimate of drug-likeness (QED) is 0.467. The van der Waals surface area contributed by atoms with E-state index < -0.39 is 0 Å². The second-order valence-electron chi connectivity index (χ2n) is 1.93. The van der Waals surface area contributed by atoms with E-state index in [1.54, 1.807) is 6.92 Å². The van der Waals surface area contributed by atoms with E-state index in [0.29, 0.717) is 13.1 Å². The molecule has 0 amide bonds. The van der Waals surface area contributed by atoms with Crippen LogP contribution in [-0.2, 0) is 4.74 Å². The number of nitrogens with two attached hydrogens (primary N) is 2. The van der Waals surface area contributed by atoms with Gasteiger partial charge in [-0.3, -0.25) is 0 Å². The van der Waals surface area contributed by atoms with Gasteiger partial charge in [-0.05, 0) is 6.92 Å². The highest BCUT2D eigenvalue weighted by molar-refractivity contribution is 6.10. The van der Waals surface area contributed by atoms with Crippen molar-refractivity contribution in [3.05, 3.63) is 0 Å². The lowest BCUT2D eigenvalue weighted by molar-refractivity contribution is 0.0512. The van der Waals surface area contributed by atoms with E-state index in [2.05, 4.69) is 0 Å². The zero-order valence-electron chi connectivity index (χ0n) is 5.71. The van der Waals surface area contributed by atoms with Crippen LogP contribution in [0.15, 0.2) is 0 Å². The summed E-state index contributed by atoms with van der Waals surface area (Å²) >= 11 is 0. The van der Waals surface area contributed by atoms with Gasteiger partial charge in [-0.2, -0.15) is 0 Å². The Bertz CT molecular complexity index is 66.0. The van der Waals surface area contributed by atoms with Crippen LogP contribution in [0, 0.1) is 0 Å². The maximum absolute atomic E-state index is 5.31. The van der Waals surface area contributed by atoms with Gasteiger partial charge >= 0.3 is 0 Å². The number of hydrogen-bond donors (Lipinski definition) is 2. The molecule has 3 nitrogen and oxygen atoms in total. The van der Waals surface area contributed by atoms with Crippen molar-refractivity contribution >= 4 is 7.85 Å². The SMILES string of the molecule is [B]C(C)OC(CN)CN. The fourth-order valence-electron chi connectivity index (χ4n) is 0.511. The first kappa shape index (κ1) is 8.94. The highest BCUT2D eigenvalue weighted by Crippen LogP contribution is 1.90. The molecule has 0 aromatic heterocycles. The summed E-state index contributed by atoms with van der Waals surface area (Å²) < 4.78 is 5.08. The predicted molar refractivity (Wildman–Crippen MR) is 38.2 cm³/mol. The maximum atomic E-state index is 5.31. The molecule has 0 saturated heterocycles. The standard InChI is InChI=1S/C5H13BN2O/c1-4(6)9-5(2-7)3-8/h4-5H,2-3,7-8H2,1H3. The summed E-state index contributed by atoms with van der Waals surface area (Å²) in [6.45, 7) is 2.61. The molecule has 1 unspecified atom stereocenters. The predicted octanol–water partition coefficient (Wildman–Crippen LogP) is -1.20. The first-order valence-corrected chi connectivity index (χ1v) is 3.02. The van der Waals surface area contributed by atoms with Crippen LogP contribution in [0.5, 0.6) is 0 Å². The van der Waals surface area contributed by atoms with Crippen molar-refractivity contribution in [2.24, 2.45) is 11.5 Å². The molecular weight excluding hydrogens is 115 g/mol. The van der Waals surface area contributed by atoms with Crippen LogP contribution in [0.4, 0.5) is 0 Å². The van der Waals surface area contributed by atoms with Crippen molar-refractivity contribution in [3.63, 3.8) is 0 Å². The monoisotopic (exact) mass is 128 g/mol. The first-order chi connectivity index (χ1) is 4.20. The van der Waals surface area contributed by atoms with Gasteiger partial charge in [0.25, 0.3) is 0 Å². The fourth-order valence-corrected chi connectivity index (χ4v) is 0.511. The van der Waals surface area contributed by atoms with Gasteiger partial charge in [0.2, 0.25) is 0 Å². The Labute approximate surface area is 57.1 Å². The summed E-state index contributed by atoms with van der Waals surface area (Å²) in [5.41, 5.74) is 10.5. The van der Waals surface area contributed by atoms with Crippen molar-refractivity contribution in [1.82, 2.24) is 0 Å². The second-order valence-corrected chi connectivity index (χ2v) is 1.93. The zero-order chi connectivity index (χ0) is 7.28. The number of ether oxygens (including phenoxy) is 1. The Kier molecular flexibility index (Phi) is 4.76. The number of rotatable bonds is 4. The smallest absolute Gasteiger partial charge is 0.108 e. The Morgan fingerprint density at radius 1 is 1.44 bits per heavy atom. The third-order valence-corrected chi connectivity index (χ3v) is 0.933. The van der Waals surface area contributed by atoms with Crippen LogP contribution in [0.2, 0.25) is 0 Å². The maximum Gasteiger partial charge on any atom is 0.108 e. The van der Waals surface area contributed by atoms with Crippen molar-refractivity contribution in [1.29, 1.82) is 0 Å². The molecule has 0 rings (SSSR count). The van der Waals surface area contributed by atoms with E-state index in [1.165, 1.54) is 0 Å². The molecule has 52 valence electrons. The molecule has 4 heteroatoms. The molecule has 0 aliphatic rings. The van der Waals surface area contributed by atoms with E-state index in [0.717, 1.165) is 0 Å². The molecule has 0 aromatic rings. The molecule has 0 aliphatic carbocycles. The average molecular weight is 128 g/mol. The van der Waals surface area contributed by atoms with Crippen molar-refractivity contribution in [3.8, 4) is 0 Å². The lowest BCUT2D eigenvalue weighted by atomic mass is 10.0. The van der Waals surface area contributed by atoms with Gasteiger partial charge in [-0.25, -0.2) is 0 Å². The summed E-state index contributed by atoms with van der Waals surface area (Å²) in [7, 11) is 5.31. The topological polar surface area (TPSA) is 61.3 Å².